The molecule has 1 atom stereocenters. The van der Waals surface area contributed by atoms with Gasteiger partial charge < -0.3 is 14.3 Å². The number of fused-ring (bicyclic) bond motifs is 2. The molecule has 2 N–H and O–H groups in total. The normalized spacial score (nSPS) is 12.4. The van der Waals surface area contributed by atoms with Crippen LogP contribution in [-0.2, 0) is 18.0 Å². The lowest BCUT2D eigenvalue weighted by Crippen LogP contribution is -2.13. The van der Waals surface area contributed by atoms with Crippen molar-refractivity contribution in [1.29, 1.82) is 0 Å². The quantitative estimate of drug-likeness (QED) is 0.288. The van der Waals surface area contributed by atoms with E-state index in [0.29, 0.717) is 23.2 Å². The van der Waals surface area contributed by atoms with Crippen LogP contribution < -0.4 is 4.72 Å². The van der Waals surface area contributed by atoms with Crippen LogP contribution in [0.25, 0.3) is 33.2 Å². The fraction of sp³-hybridized carbons (Fsp3) is 0.192. The predicted octanol–water partition coefficient (Wildman–Crippen LogP) is 5.42. The van der Waals surface area contributed by atoms with Gasteiger partial charge in [0.1, 0.15) is 28.3 Å². The number of aromatic nitrogens is 4. The molecular formula is C26H23F2N5O2S. The number of nitrogens with one attached hydrogen (secondary N) is 2. The van der Waals surface area contributed by atoms with Crippen LogP contribution >= 0.6 is 0 Å². The number of aryl methyl sites for hydroxylation is 2. The molecule has 0 aliphatic rings. The summed E-state index contributed by atoms with van der Waals surface area (Å²) in [5, 5.41) is 0.432. The van der Waals surface area contributed by atoms with E-state index in [1.165, 1.54) is 6.20 Å². The summed E-state index contributed by atoms with van der Waals surface area (Å²) in [6.45, 7) is 3.76. The van der Waals surface area contributed by atoms with Crippen molar-refractivity contribution < 1.29 is 17.8 Å². The van der Waals surface area contributed by atoms with E-state index in [-0.39, 0.29) is 11.3 Å². The Morgan fingerprint density at radius 2 is 1.97 bits per heavy atom. The molecule has 5 rings (SSSR count). The summed E-state index contributed by atoms with van der Waals surface area (Å²) >= 11 is 0. The molecule has 0 bridgehead atoms. The van der Waals surface area contributed by atoms with Crippen molar-refractivity contribution in [2.75, 3.05) is 10.5 Å². The van der Waals surface area contributed by atoms with Gasteiger partial charge >= 0.3 is 0 Å². The number of ketones is 1. The Labute approximate surface area is 208 Å². The van der Waals surface area contributed by atoms with Crippen molar-refractivity contribution in [3.8, 4) is 11.1 Å². The van der Waals surface area contributed by atoms with E-state index in [1.54, 1.807) is 12.3 Å². The summed E-state index contributed by atoms with van der Waals surface area (Å²) in [6, 6.07) is 9.72. The zero-order valence-corrected chi connectivity index (χ0v) is 20.7. The summed E-state index contributed by atoms with van der Waals surface area (Å²) in [5.41, 5.74) is 2.97. The van der Waals surface area contributed by atoms with E-state index < -0.39 is 34.0 Å². The first-order chi connectivity index (χ1) is 17.3. The van der Waals surface area contributed by atoms with Crippen molar-refractivity contribution in [3.63, 3.8) is 0 Å². The number of pyridine rings is 1. The van der Waals surface area contributed by atoms with Gasteiger partial charge in [-0.1, -0.05) is 13.0 Å². The maximum Gasteiger partial charge on any atom is 0.201 e. The second-order valence-electron chi connectivity index (χ2n) is 8.51. The monoisotopic (exact) mass is 507 g/mol. The van der Waals surface area contributed by atoms with Gasteiger partial charge in [0, 0.05) is 41.7 Å². The molecule has 0 fully saturated rings. The Bertz CT molecular complexity index is 1670. The SMILES string of the molecule is CCCS(=O)Nc1ccc(F)c(C(=O)c2c[nH]c3ncc(-c4ccc5c(c4)nc(C)n5C)cc23)c1F. The molecule has 7 nitrogen and oxygen atoms in total. The number of anilines is 1. The molecule has 5 aromatic rings. The lowest BCUT2D eigenvalue weighted by Gasteiger charge is -2.10. The van der Waals surface area contributed by atoms with Crippen molar-refractivity contribution in [2.24, 2.45) is 7.05 Å². The van der Waals surface area contributed by atoms with Crippen molar-refractivity contribution >= 4 is 44.5 Å². The van der Waals surface area contributed by atoms with Crippen LogP contribution in [0.3, 0.4) is 0 Å². The summed E-state index contributed by atoms with van der Waals surface area (Å²) in [6.07, 6.45) is 3.67. The molecule has 10 heteroatoms. The number of halogens is 2. The number of benzene rings is 2. The molecule has 0 amide bonds. The van der Waals surface area contributed by atoms with Crippen LogP contribution in [-0.4, -0.2) is 35.3 Å². The Morgan fingerprint density at radius 1 is 1.17 bits per heavy atom. The molecular weight excluding hydrogens is 484 g/mol. The zero-order valence-electron chi connectivity index (χ0n) is 19.9. The van der Waals surface area contributed by atoms with Crippen LogP contribution in [0, 0.1) is 18.6 Å². The molecule has 184 valence electrons. The van der Waals surface area contributed by atoms with Crippen LogP contribution in [0.5, 0.6) is 0 Å². The maximum atomic E-state index is 15.2. The molecule has 3 aromatic heterocycles. The highest BCUT2D eigenvalue weighted by Crippen LogP contribution is 2.30. The van der Waals surface area contributed by atoms with Gasteiger partial charge in [-0.15, -0.1) is 0 Å². The molecule has 0 radical (unpaired) electrons. The van der Waals surface area contributed by atoms with Gasteiger partial charge in [-0.3, -0.25) is 4.79 Å². The topological polar surface area (TPSA) is 92.7 Å². The fourth-order valence-corrected chi connectivity index (χ4v) is 5.06. The molecule has 0 saturated carbocycles. The van der Waals surface area contributed by atoms with Gasteiger partial charge in [-0.05, 0) is 49.2 Å². The number of aromatic amines is 1. The second kappa shape index (κ2) is 9.27. The third-order valence-corrected chi connectivity index (χ3v) is 7.37. The van der Waals surface area contributed by atoms with Crippen LogP contribution in [0.4, 0.5) is 14.5 Å². The average Bonchev–Trinajstić information content (AvgIpc) is 3.40. The minimum atomic E-state index is -1.55. The number of rotatable bonds is 7. The molecule has 0 saturated heterocycles. The van der Waals surface area contributed by atoms with E-state index in [0.717, 1.165) is 40.1 Å². The number of carbonyl (C=O) groups is 1. The Kier molecular flexibility index (Phi) is 6.13. The van der Waals surface area contributed by atoms with Gasteiger partial charge in [0.05, 0.1) is 22.3 Å². The van der Waals surface area contributed by atoms with Crippen LogP contribution in [0.1, 0.15) is 35.1 Å². The molecule has 36 heavy (non-hydrogen) atoms. The third kappa shape index (κ3) is 4.07. The minimum Gasteiger partial charge on any atom is -0.345 e. The molecule has 2 aromatic carbocycles. The average molecular weight is 508 g/mol. The lowest BCUT2D eigenvalue weighted by molar-refractivity contribution is 0.103. The zero-order chi connectivity index (χ0) is 25.6. The van der Waals surface area contributed by atoms with E-state index >= 15 is 4.39 Å². The Hall–Kier alpha value is -3.92. The largest absolute Gasteiger partial charge is 0.345 e. The highest BCUT2D eigenvalue weighted by Gasteiger charge is 2.25. The van der Waals surface area contributed by atoms with Gasteiger partial charge in [0.25, 0.3) is 0 Å². The fourth-order valence-electron chi connectivity index (χ4n) is 4.18. The van der Waals surface area contributed by atoms with Crippen molar-refractivity contribution in [3.05, 3.63) is 77.4 Å². The molecule has 3 heterocycles. The maximum absolute atomic E-state index is 15.2. The van der Waals surface area contributed by atoms with E-state index in [2.05, 4.69) is 19.7 Å². The number of hydrogen-bond acceptors (Lipinski definition) is 4. The van der Waals surface area contributed by atoms with E-state index in [4.69, 9.17) is 0 Å². The van der Waals surface area contributed by atoms with E-state index in [9.17, 15) is 13.4 Å². The van der Waals surface area contributed by atoms with Crippen LogP contribution in [0.2, 0.25) is 0 Å². The van der Waals surface area contributed by atoms with Gasteiger partial charge in [-0.25, -0.2) is 23.0 Å². The summed E-state index contributed by atoms with van der Waals surface area (Å²) < 4.78 is 46.5. The second-order valence-corrected chi connectivity index (χ2v) is 9.81. The number of nitrogens with zero attached hydrogens (tertiary/aromatic N) is 3. The van der Waals surface area contributed by atoms with Gasteiger partial charge in [0.15, 0.2) is 5.82 Å². The summed E-state index contributed by atoms with van der Waals surface area (Å²) in [4.78, 5) is 25.2. The first kappa shape index (κ1) is 23.8. The minimum absolute atomic E-state index is 0.0822. The highest BCUT2D eigenvalue weighted by atomic mass is 32.2. The summed E-state index contributed by atoms with van der Waals surface area (Å²) in [5.74, 6) is -1.75. The molecule has 1 unspecified atom stereocenters. The number of hydrogen-bond donors (Lipinski definition) is 2. The first-order valence-corrected chi connectivity index (χ1v) is 12.7. The van der Waals surface area contributed by atoms with E-state index in [1.807, 2.05) is 43.7 Å². The highest BCUT2D eigenvalue weighted by molar-refractivity contribution is 7.86. The number of H-pyrrole nitrogens is 1. The molecule has 0 aliphatic heterocycles. The Morgan fingerprint density at radius 3 is 2.75 bits per heavy atom. The standard InChI is InChI=1S/C26H23F2N5O2S/c1-4-9-36(35)32-20-7-6-19(27)23(24(20)28)25(34)18-13-30-26-17(18)10-16(12-29-26)15-5-8-22-21(11-15)31-14(2)33(22)3/h5-8,10-13,32H,4,9H2,1-3H3,(H,29,30). The van der Waals surface area contributed by atoms with Crippen molar-refractivity contribution in [1.82, 2.24) is 19.5 Å². The van der Waals surface area contributed by atoms with Crippen molar-refractivity contribution in [2.45, 2.75) is 20.3 Å². The Balaban J connectivity index is 1.56. The van der Waals surface area contributed by atoms with Gasteiger partial charge in [0.2, 0.25) is 5.78 Å². The first-order valence-electron chi connectivity index (χ1n) is 11.4. The predicted molar refractivity (Wildman–Crippen MR) is 137 cm³/mol. The van der Waals surface area contributed by atoms with Crippen LogP contribution in [0.15, 0.2) is 48.8 Å². The number of imidazole rings is 1. The molecule has 0 aliphatic carbocycles. The lowest BCUT2D eigenvalue weighted by atomic mass is 9.99. The number of carbonyl (C=O) groups excluding carboxylic acids is 1. The smallest absolute Gasteiger partial charge is 0.201 e. The third-order valence-electron chi connectivity index (χ3n) is 6.14. The summed E-state index contributed by atoms with van der Waals surface area (Å²) in [7, 11) is 0.395. The molecule has 0 spiro atoms. The van der Waals surface area contributed by atoms with Gasteiger partial charge in [-0.2, -0.15) is 0 Å².